The molecule has 0 radical (unpaired) electrons. The first kappa shape index (κ1) is 12.2. The Hall–Kier alpha value is -1.52. The van der Waals surface area contributed by atoms with E-state index in [0.717, 1.165) is 21.7 Å². The normalized spacial score (nSPS) is 14.8. The molecule has 100 valence electrons. The Morgan fingerprint density at radius 3 is 2.95 bits per heavy atom. The number of H-pyrrole nitrogens is 1. The molecule has 1 saturated carbocycles. The number of nitrogens with one attached hydrogen (secondary N) is 1. The summed E-state index contributed by atoms with van der Waals surface area (Å²) in [6.45, 7) is 2.06. The summed E-state index contributed by atoms with van der Waals surface area (Å²) in [6, 6.07) is 8.60. The molecule has 1 aliphatic carbocycles. The fourth-order valence-electron chi connectivity index (χ4n) is 2.56. The van der Waals surface area contributed by atoms with E-state index in [4.69, 9.17) is 12.2 Å². The van der Waals surface area contributed by atoms with E-state index in [0.29, 0.717) is 5.92 Å². The molecule has 1 N–H and O–H groups in total. The smallest absolute Gasteiger partial charge is 0.133 e. The molecular formula is C16H14N2S2. The van der Waals surface area contributed by atoms with E-state index < -0.39 is 0 Å². The summed E-state index contributed by atoms with van der Waals surface area (Å²) < 4.78 is 2.04. The minimum atomic E-state index is 0.582. The Labute approximate surface area is 126 Å². The molecule has 2 heterocycles. The number of rotatable bonds is 2. The van der Waals surface area contributed by atoms with Crippen molar-refractivity contribution >= 4 is 33.6 Å². The van der Waals surface area contributed by atoms with Crippen LogP contribution in [0.5, 0.6) is 0 Å². The van der Waals surface area contributed by atoms with Gasteiger partial charge in [-0.1, -0.05) is 30.4 Å². The van der Waals surface area contributed by atoms with Crippen LogP contribution in [0.2, 0.25) is 0 Å². The van der Waals surface area contributed by atoms with Crippen molar-refractivity contribution in [3.05, 3.63) is 45.7 Å². The van der Waals surface area contributed by atoms with Gasteiger partial charge in [0.2, 0.25) is 0 Å². The topological polar surface area (TPSA) is 28.7 Å². The van der Waals surface area contributed by atoms with Crippen molar-refractivity contribution in [1.29, 1.82) is 0 Å². The molecule has 20 heavy (non-hydrogen) atoms. The monoisotopic (exact) mass is 298 g/mol. The van der Waals surface area contributed by atoms with Gasteiger partial charge in [0.15, 0.2) is 0 Å². The van der Waals surface area contributed by atoms with Crippen LogP contribution in [0.1, 0.15) is 30.1 Å². The zero-order valence-electron chi connectivity index (χ0n) is 11.1. The van der Waals surface area contributed by atoms with Crippen LogP contribution >= 0.6 is 23.6 Å². The quantitative estimate of drug-likeness (QED) is 0.658. The summed E-state index contributed by atoms with van der Waals surface area (Å²) in [7, 11) is 0. The molecular weight excluding hydrogens is 284 g/mol. The van der Waals surface area contributed by atoms with E-state index >= 15 is 0 Å². The molecule has 4 rings (SSSR count). The minimum absolute atomic E-state index is 0.582. The highest BCUT2D eigenvalue weighted by Gasteiger charge is 2.27. The predicted molar refractivity (Wildman–Crippen MR) is 87.0 cm³/mol. The van der Waals surface area contributed by atoms with Crippen LogP contribution in [0.3, 0.4) is 0 Å². The number of benzene rings is 1. The molecule has 0 unspecified atom stereocenters. The van der Waals surface area contributed by atoms with Crippen molar-refractivity contribution in [2.24, 2.45) is 0 Å². The third-order valence-corrected chi connectivity index (χ3v) is 5.24. The van der Waals surface area contributed by atoms with Gasteiger partial charge < -0.3 is 4.98 Å². The number of fused-ring (bicyclic) bond motifs is 1. The van der Waals surface area contributed by atoms with Crippen molar-refractivity contribution in [3.63, 3.8) is 0 Å². The maximum atomic E-state index is 5.45. The highest BCUT2D eigenvalue weighted by atomic mass is 32.1. The Balaban J connectivity index is 2.01. The fraction of sp³-hybridized carbons (Fsp3) is 0.250. The summed E-state index contributed by atoms with van der Waals surface area (Å²) in [5.74, 6) is 1.64. The number of thiophene rings is 1. The number of aromatic nitrogens is 2. The van der Waals surface area contributed by atoms with E-state index in [1.54, 1.807) is 11.3 Å². The van der Waals surface area contributed by atoms with E-state index in [-0.39, 0.29) is 0 Å². The molecule has 3 aromatic rings. The van der Waals surface area contributed by atoms with E-state index in [9.17, 15) is 0 Å². The summed E-state index contributed by atoms with van der Waals surface area (Å²) in [4.78, 5) is 8.09. The maximum absolute atomic E-state index is 5.45. The Morgan fingerprint density at radius 2 is 2.15 bits per heavy atom. The number of hydrogen-bond acceptors (Lipinski definition) is 3. The first-order chi connectivity index (χ1) is 9.74. The first-order valence-corrected chi connectivity index (χ1v) is 8.10. The summed E-state index contributed by atoms with van der Waals surface area (Å²) >= 11 is 7.23. The lowest BCUT2D eigenvalue weighted by Crippen LogP contribution is -1.99. The van der Waals surface area contributed by atoms with Crippen LogP contribution in [0.15, 0.2) is 29.6 Å². The third kappa shape index (κ3) is 1.91. The minimum Gasteiger partial charge on any atom is -0.343 e. The molecule has 1 fully saturated rings. The van der Waals surface area contributed by atoms with Crippen molar-refractivity contribution < 1.29 is 0 Å². The van der Waals surface area contributed by atoms with Gasteiger partial charge in [-0.15, -0.1) is 11.3 Å². The van der Waals surface area contributed by atoms with Gasteiger partial charge in [0.05, 0.1) is 5.69 Å². The van der Waals surface area contributed by atoms with Gasteiger partial charge in [-0.05, 0) is 36.6 Å². The van der Waals surface area contributed by atoms with Crippen molar-refractivity contribution in [2.45, 2.75) is 25.7 Å². The van der Waals surface area contributed by atoms with E-state index in [1.807, 2.05) is 0 Å². The van der Waals surface area contributed by atoms with Gasteiger partial charge in [0, 0.05) is 21.7 Å². The first-order valence-electron chi connectivity index (χ1n) is 6.81. The second-order valence-electron chi connectivity index (χ2n) is 5.35. The molecule has 0 saturated heterocycles. The molecule has 0 bridgehead atoms. The van der Waals surface area contributed by atoms with Crippen LogP contribution < -0.4 is 0 Å². The summed E-state index contributed by atoms with van der Waals surface area (Å²) in [5.41, 5.74) is 3.45. The number of nitrogens with zero attached hydrogens (tertiary/aromatic N) is 1. The zero-order chi connectivity index (χ0) is 13.7. The van der Waals surface area contributed by atoms with Crippen LogP contribution in [0, 0.1) is 11.6 Å². The molecule has 2 aromatic heterocycles. The average molecular weight is 298 g/mol. The molecule has 0 aliphatic heterocycles. The molecule has 0 spiro atoms. The molecule has 0 atom stereocenters. The van der Waals surface area contributed by atoms with Crippen LogP contribution in [-0.4, -0.2) is 9.97 Å². The fourth-order valence-corrected chi connectivity index (χ4v) is 3.68. The third-order valence-electron chi connectivity index (χ3n) is 3.88. The standard InChI is InChI=1S/C16H14N2S2/c1-9-13(17-15(11-5-6-11)18-16(9)19)12-4-2-3-10-7-8-20-14(10)12/h2-4,7-8,11H,5-6H2,1H3,(H,17,18,19). The Kier molecular flexibility index (Phi) is 2.75. The number of hydrogen-bond donors (Lipinski definition) is 1. The maximum Gasteiger partial charge on any atom is 0.133 e. The van der Waals surface area contributed by atoms with Gasteiger partial charge >= 0.3 is 0 Å². The summed E-state index contributed by atoms with van der Waals surface area (Å²) in [5, 5.41) is 3.43. The molecule has 4 heteroatoms. The molecule has 1 aliphatic rings. The van der Waals surface area contributed by atoms with Gasteiger partial charge in [-0.25, -0.2) is 4.98 Å². The van der Waals surface area contributed by atoms with Crippen molar-refractivity contribution in [3.8, 4) is 11.3 Å². The average Bonchev–Trinajstić information content (AvgIpc) is 3.19. The van der Waals surface area contributed by atoms with Crippen molar-refractivity contribution in [2.75, 3.05) is 0 Å². The zero-order valence-corrected chi connectivity index (χ0v) is 12.8. The van der Waals surface area contributed by atoms with Gasteiger partial charge in [0.1, 0.15) is 10.5 Å². The van der Waals surface area contributed by atoms with Crippen LogP contribution in [-0.2, 0) is 0 Å². The second-order valence-corrected chi connectivity index (χ2v) is 6.65. The largest absolute Gasteiger partial charge is 0.343 e. The lowest BCUT2D eigenvalue weighted by molar-refractivity contribution is 0.915. The van der Waals surface area contributed by atoms with Crippen LogP contribution in [0.25, 0.3) is 21.3 Å². The Bertz CT molecular complexity index is 856. The van der Waals surface area contributed by atoms with E-state index in [1.165, 1.54) is 28.5 Å². The summed E-state index contributed by atoms with van der Waals surface area (Å²) in [6.07, 6.45) is 2.45. The van der Waals surface area contributed by atoms with Gasteiger partial charge in [-0.2, -0.15) is 0 Å². The lowest BCUT2D eigenvalue weighted by Gasteiger charge is -2.10. The van der Waals surface area contributed by atoms with Gasteiger partial charge in [0.25, 0.3) is 0 Å². The molecule has 2 nitrogen and oxygen atoms in total. The van der Waals surface area contributed by atoms with Crippen LogP contribution in [0.4, 0.5) is 0 Å². The highest BCUT2D eigenvalue weighted by Crippen LogP contribution is 2.40. The van der Waals surface area contributed by atoms with E-state index in [2.05, 4.69) is 46.5 Å². The molecule has 1 aromatic carbocycles. The Morgan fingerprint density at radius 1 is 1.30 bits per heavy atom. The van der Waals surface area contributed by atoms with Crippen molar-refractivity contribution in [1.82, 2.24) is 9.97 Å². The SMILES string of the molecule is Cc1c(-c2cccc3ccsc23)[nH]c(C2CC2)nc1=S. The van der Waals surface area contributed by atoms with Gasteiger partial charge in [-0.3, -0.25) is 0 Å². The lowest BCUT2D eigenvalue weighted by atomic mass is 10.1. The predicted octanol–water partition coefficient (Wildman–Crippen LogP) is 5.21. The second kappa shape index (κ2) is 4.50. The molecule has 0 amide bonds. The number of aromatic amines is 1. The highest BCUT2D eigenvalue weighted by molar-refractivity contribution is 7.71.